The van der Waals surface area contributed by atoms with Crippen molar-refractivity contribution in [2.45, 2.75) is 30.5 Å². The highest BCUT2D eigenvalue weighted by Gasteiger charge is 2.42. The van der Waals surface area contributed by atoms with Crippen molar-refractivity contribution in [1.82, 2.24) is 0 Å². The van der Waals surface area contributed by atoms with Gasteiger partial charge in [-0.25, -0.2) is 8.42 Å². The molecular weight excluding hydrogens is 279 g/mol. The largest absolute Gasteiger partial charge is 0.417 e. The Morgan fingerprint density at radius 2 is 1.74 bits per heavy atom. The second kappa shape index (κ2) is 3.83. The zero-order chi connectivity index (χ0) is 14.6. The molecule has 0 saturated heterocycles. The summed E-state index contributed by atoms with van der Waals surface area (Å²) in [4.78, 5) is -0.539. The van der Waals surface area contributed by atoms with E-state index in [4.69, 9.17) is 5.73 Å². The van der Waals surface area contributed by atoms with Crippen LogP contribution in [0.25, 0.3) is 6.08 Å². The topological polar surface area (TPSA) is 60.2 Å². The van der Waals surface area contributed by atoms with E-state index in [-0.39, 0.29) is 15.4 Å². The minimum atomic E-state index is -4.61. The Balaban J connectivity index is 2.79. The molecule has 1 aromatic carbocycles. The molecule has 7 heteroatoms. The van der Waals surface area contributed by atoms with Crippen LogP contribution in [0.4, 0.5) is 13.2 Å². The number of hydrogen-bond acceptors (Lipinski definition) is 3. The van der Waals surface area contributed by atoms with Crippen molar-refractivity contribution in [3.8, 4) is 0 Å². The maximum Gasteiger partial charge on any atom is 0.417 e. The molecule has 0 aliphatic carbocycles. The molecule has 104 valence electrons. The first-order chi connectivity index (χ1) is 8.45. The van der Waals surface area contributed by atoms with Crippen molar-refractivity contribution in [2.24, 2.45) is 5.73 Å². The third-order valence-corrected chi connectivity index (χ3v) is 5.02. The van der Waals surface area contributed by atoms with Gasteiger partial charge in [0.15, 0.2) is 0 Å². The first-order valence-electron chi connectivity index (χ1n) is 5.42. The number of benzene rings is 1. The molecule has 0 fully saturated rings. The lowest BCUT2D eigenvalue weighted by Crippen LogP contribution is -2.36. The van der Waals surface area contributed by atoms with Gasteiger partial charge in [0.25, 0.3) is 0 Å². The van der Waals surface area contributed by atoms with Crippen LogP contribution in [0.5, 0.6) is 0 Å². The Morgan fingerprint density at radius 3 is 2.21 bits per heavy atom. The molecule has 1 aliphatic heterocycles. The summed E-state index contributed by atoms with van der Waals surface area (Å²) in [7, 11) is -3.95. The highest BCUT2D eigenvalue weighted by atomic mass is 32.2. The Kier molecular flexibility index (Phi) is 2.84. The van der Waals surface area contributed by atoms with Gasteiger partial charge in [-0.1, -0.05) is 6.07 Å². The molecule has 2 rings (SSSR count). The minimum absolute atomic E-state index is 0.202. The summed E-state index contributed by atoms with van der Waals surface area (Å²) in [6.07, 6.45) is -3.58. The van der Waals surface area contributed by atoms with E-state index in [2.05, 4.69) is 0 Å². The zero-order valence-electron chi connectivity index (χ0n) is 10.2. The van der Waals surface area contributed by atoms with Crippen LogP contribution in [0.2, 0.25) is 0 Å². The molecule has 0 spiro atoms. The Bertz CT molecular complexity index is 667. The van der Waals surface area contributed by atoms with Gasteiger partial charge in [-0.05, 0) is 32.1 Å². The Morgan fingerprint density at radius 1 is 1.16 bits per heavy atom. The normalized spacial score (nSPS) is 18.1. The van der Waals surface area contributed by atoms with Gasteiger partial charge in [0.1, 0.15) is 0 Å². The molecule has 0 radical (unpaired) electrons. The lowest BCUT2D eigenvalue weighted by molar-refractivity contribution is -0.137. The zero-order valence-corrected chi connectivity index (χ0v) is 11.1. The summed E-state index contributed by atoms with van der Waals surface area (Å²) < 4.78 is 63.0. The monoisotopic (exact) mass is 291 g/mol. The number of fused-ring (bicyclic) bond motifs is 1. The molecule has 3 nitrogen and oxygen atoms in total. The first kappa shape index (κ1) is 14.1. The average Bonchev–Trinajstić information content (AvgIpc) is 2.49. The highest BCUT2D eigenvalue weighted by molar-refractivity contribution is 7.96. The predicted molar refractivity (Wildman–Crippen MR) is 64.9 cm³/mol. The molecule has 0 bridgehead atoms. The van der Waals surface area contributed by atoms with Crippen LogP contribution < -0.4 is 5.73 Å². The lowest BCUT2D eigenvalue weighted by atomic mass is 10.0. The fourth-order valence-electron chi connectivity index (χ4n) is 2.03. The van der Waals surface area contributed by atoms with Crippen LogP contribution in [0.3, 0.4) is 0 Å². The van der Waals surface area contributed by atoms with Gasteiger partial charge in [-0.2, -0.15) is 13.2 Å². The molecule has 0 saturated carbocycles. The van der Waals surface area contributed by atoms with E-state index in [1.807, 2.05) is 0 Å². The number of nitrogens with two attached hydrogens (primary N) is 1. The van der Waals surface area contributed by atoms with E-state index in [0.717, 1.165) is 24.3 Å². The predicted octanol–water partition coefficient (Wildman–Crippen LogP) is 2.57. The van der Waals surface area contributed by atoms with E-state index < -0.39 is 27.1 Å². The van der Waals surface area contributed by atoms with Crippen molar-refractivity contribution in [3.05, 3.63) is 34.2 Å². The molecule has 0 atom stereocenters. The van der Waals surface area contributed by atoms with Gasteiger partial charge >= 0.3 is 6.18 Å². The van der Waals surface area contributed by atoms with Gasteiger partial charge in [-0.3, -0.25) is 0 Å². The second-order valence-electron chi connectivity index (χ2n) is 4.95. The summed E-state index contributed by atoms with van der Waals surface area (Å²) in [6.45, 7) is 2.88. The van der Waals surface area contributed by atoms with Gasteiger partial charge in [0.2, 0.25) is 9.84 Å². The molecular formula is C12H12F3NO2S. The average molecular weight is 291 g/mol. The van der Waals surface area contributed by atoms with E-state index in [1.165, 1.54) is 13.8 Å². The van der Waals surface area contributed by atoms with E-state index >= 15 is 0 Å². The van der Waals surface area contributed by atoms with Gasteiger partial charge in [-0.15, -0.1) is 0 Å². The summed E-state index contributed by atoms with van der Waals surface area (Å²) in [6, 6.07) is 3.10. The van der Waals surface area contributed by atoms with E-state index in [9.17, 15) is 21.6 Å². The third-order valence-electron chi connectivity index (χ3n) is 2.86. The molecule has 0 unspecified atom stereocenters. The smallest absolute Gasteiger partial charge is 0.321 e. The van der Waals surface area contributed by atoms with Gasteiger partial charge in [0, 0.05) is 11.1 Å². The number of rotatable bonds is 1. The van der Waals surface area contributed by atoms with Crippen LogP contribution in [0.15, 0.2) is 28.0 Å². The van der Waals surface area contributed by atoms with Gasteiger partial charge < -0.3 is 5.73 Å². The summed E-state index contributed by atoms with van der Waals surface area (Å²) in [5.41, 5.74) is 3.20. The second-order valence-corrected chi connectivity index (χ2v) is 6.84. The van der Waals surface area contributed by atoms with Crippen molar-refractivity contribution in [3.63, 3.8) is 0 Å². The van der Waals surface area contributed by atoms with Crippen molar-refractivity contribution >= 4 is 15.9 Å². The summed E-state index contributed by atoms with van der Waals surface area (Å²) in [5, 5.41) is 0. The maximum atomic E-state index is 12.9. The molecule has 1 aliphatic rings. The molecule has 0 amide bonds. The fraction of sp³-hybridized carbons (Fsp3) is 0.333. The standard InChI is InChI=1S/C12H12F3NO2S/c1-11(2,16)10-6-7-8(12(13,14)15)4-3-5-9(7)19(10,17)18/h3-6H,16H2,1-2H3. The molecule has 2 N–H and O–H groups in total. The quantitative estimate of drug-likeness (QED) is 0.865. The molecule has 1 aromatic rings. The fourth-order valence-corrected chi connectivity index (χ4v) is 3.95. The Labute approximate surface area is 108 Å². The maximum absolute atomic E-state index is 12.9. The number of hydrogen-bond donors (Lipinski definition) is 1. The first-order valence-corrected chi connectivity index (χ1v) is 6.90. The van der Waals surface area contributed by atoms with Crippen LogP contribution in [0.1, 0.15) is 25.0 Å². The minimum Gasteiger partial charge on any atom is -0.321 e. The number of alkyl halides is 3. The SMILES string of the molecule is CC(C)(N)C1=Cc2c(C(F)(F)F)cccc2S1(=O)=O. The van der Waals surface area contributed by atoms with Crippen LogP contribution in [-0.2, 0) is 16.0 Å². The molecule has 1 heterocycles. The number of sulfone groups is 1. The van der Waals surface area contributed by atoms with E-state index in [1.54, 1.807) is 0 Å². The van der Waals surface area contributed by atoms with Crippen molar-refractivity contribution in [2.75, 3.05) is 0 Å². The molecule has 0 aromatic heterocycles. The third kappa shape index (κ3) is 2.17. The van der Waals surface area contributed by atoms with Crippen molar-refractivity contribution < 1.29 is 21.6 Å². The summed E-state index contributed by atoms with van der Waals surface area (Å²) in [5.74, 6) is 0. The Hall–Kier alpha value is -1.34. The van der Waals surface area contributed by atoms with Crippen molar-refractivity contribution in [1.29, 1.82) is 0 Å². The number of halogens is 3. The lowest BCUT2D eigenvalue weighted by Gasteiger charge is -2.19. The molecule has 19 heavy (non-hydrogen) atoms. The van der Waals surface area contributed by atoms with Crippen LogP contribution in [-0.4, -0.2) is 14.0 Å². The summed E-state index contributed by atoms with van der Waals surface area (Å²) >= 11 is 0. The van der Waals surface area contributed by atoms with E-state index in [0.29, 0.717) is 0 Å². The van der Waals surface area contributed by atoms with Crippen LogP contribution in [0, 0.1) is 0 Å². The van der Waals surface area contributed by atoms with Crippen LogP contribution >= 0.6 is 0 Å². The van der Waals surface area contributed by atoms with Gasteiger partial charge in [0.05, 0.1) is 15.4 Å². The highest BCUT2D eigenvalue weighted by Crippen LogP contribution is 2.43.